The van der Waals surface area contributed by atoms with E-state index in [4.69, 9.17) is 0 Å². The average molecular weight is 538 g/mol. The van der Waals surface area contributed by atoms with Gasteiger partial charge in [-0.1, -0.05) is 0 Å². The summed E-state index contributed by atoms with van der Waals surface area (Å²) in [6.07, 6.45) is -7.85. The number of nitrogens with two attached hydrogens (primary N) is 1. The topological polar surface area (TPSA) is 72.2 Å². The Kier molecular flexibility index (Phi) is 8.65. The van der Waals surface area contributed by atoms with Gasteiger partial charge in [-0.05, 0) is 0 Å². The van der Waals surface area contributed by atoms with Crippen LogP contribution in [-0.2, 0) is 10.2 Å². The molecule has 0 aromatic rings. The Morgan fingerprint density at radius 3 is 0.935 bits per heavy atom. The summed E-state index contributed by atoms with van der Waals surface area (Å²) in [6, 6.07) is -7.29. The first-order valence-corrected chi connectivity index (χ1v) is 7.53. The molecule has 0 rings (SSSR count). The number of alkyl halides is 17. The van der Waals surface area contributed by atoms with Gasteiger partial charge in [-0.3, -0.25) is 0 Å². The van der Waals surface area contributed by atoms with Gasteiger partial charge in [-0.15, -0.1) is 4.72 Å². The molecule has 0 radical (unpaired) electrons. The van der Waals surface area contributed by atoms with Crippen LogP contribution < -0.4 is 9.86 Å². The molecule has 0 aliphatic rings. The molecule has 184 valence electrons. The minimum atomic E-state index is -8.79. The van der Waals surface area contributed by atoms with Gasteiger partial charge in [0.25, 0.3) is 10.2 Å². The average Bonchev–Trinajstić information content (AvgIpc) is 2.41. The third kappa shape index (κ3) is 4.82. The summed E-state index contributed by atoms with van der Waals surface area (Å²) in [4.78, 5) is 0. The molecule has 0 atom stereocenters. The molecular formula is C8H4F17N2NaO2S. The number of halogens is 17. The van der Waals surface area contributed by atoms with Crippen molar-refractivity contribution in [2.75, 3.05) is 0 Å². The fourth-order valence-corrected chi connectivity index (χ4v) is 1.89. The van der Waals surface area contributed by atoms with Crippen molar-refractivity contribution in [2.24, 2.45) is 5.14 Å². The van der Waals surface area contributed by atoms with Gasteiger partial charge >= 0.3 is 77.3 Å². The van der Waals surface area contributed by atoms with E-state index >= 15 is 0 Å². The summed E-state index contributed by atoms with van der Waals surface area (Å²) in [5.41, 5.74) is 0. The molecule has 4 nitrogen and oxygen atoms in total. The van der Waals surface area contributed by atoms with Crippen LogP contribution in [0.1, 0.15) is 0 Å². The molecule has 0 aliphatic carbocycles. The first-order valence-electron chi connectivity index (χ1n) is 5.99. The number of hydrogen-bond donors (Lipinski definition) is 2. The Bertz CT molecular complexity index is 761. The SMILES string of the molecule is NS(=O)(=O)NC(F)(F)C(F)(F)C(F)(F)C(F)(F)C(F)(F)C(F)(F)C(F)(F)C(F)(F)F.[NaH]. The number of rotatable bonds is 8. The molecule has 0 spiro atoms. The molecule has 0 aliphatic heterocycles. The molecule has 0 saturated carbocycles. The summed E-state index contributed by atoms with van der Waals surface area (Å²) in [6.45, 7) is 0. The Labute approximate surface area is 180 Å². The molecule has 31 heavy (non-hydrogen) atoms. The molecule has 0 amide bonds. The van der Waals surface area contributed by atoms with Crippen LogP contribution in [0.2, 0.25) is 0 Å². The number of hydrogen-bond acceptors (Lipinski definition) is 2. The predicted octanol–water partition coefficient (Wildman–Crippen LogP) is 3.10. The van der Waals surface area contributed by atoms with Crippen LogP contribution in [-0.4, -0.2) is 85.7 Å². The van der Waals surface area contributed by atoms with Crippen LogP contribution in [0.15, 0.2) is 0 Å². The predicted molar refractivity (Wildman–Crippen MR) is 64.1 cm³/mol. The Balaban J connectivity index is 0. The third-order valence-corrected chi connectivity index (χ3v) is 3.53. The van der Waals surface area contributed by atoms with Crippen molar-refractivity contribution in [1.29, 1.82) is 0 Å². The van der Waals surface area contributed by atoms with Gasteiger partial charge in [-0.2, -0.15) is 83.1 Å². The van der Waals surface area contributed by atoms with E-state index in [9.17, 15) is 83.1 Å². The van der Waals surface area contributed by atoms with Crippen LogP contribution in [0.25, 0.3) is 0 Å². The second kappa shape index (κ2) is 8.17. The molecule has 0 heterocycles. The monoisotopic (exact) mass is 538 g/mol. The van der Waals surface area contributed by atoms with E-state index in [1.807, 2.05) is 0 Å². The van der Waals surface area contributed by atoms with Crippen molar-refractivity contribution in [1.82, 2.24) is 4.72 Å². The summed E-state index contributed by atoms with van der Waals surface area (Å²) >= 11 is 0. The van der Waals surface area contributed by atoms with E-state index in [2.05, 4.69) is 5.14 Å². The Morgan fingerprint density at radius 2 is 0.710 bits per heavy atom. The van der Waals surface area contributed by atoms with Gasteiger partial charge in [0, 0.05) is 0 Å². The molecule has 23 heteroatoms. The third-order valence-electron chi connectivity index (χ3n) is 2.99. The zero-order valence-corrected chi connectivity index (χ0v) is 13.5. The second-order valence-electron chi connectivity index (χ2n) is 5.17. The van der Waals surface area contributed by atoms with Crippen LogP contribution >= 0.6 is 0 Å². The van der Waals surface area contributed by atoms with E-state index in [1.54, 1.807) is 0 Å². The maximum absolute atomic E-state index is 13.2. The van der Waals surface area contributed by atoms with Crippen molar-refractivity contribution < 1.29 is 83.1 Å². The molecule has 0 saturated heterocycles. The van der Waals surface area contributed by atoms with E-state index in [0.29, 0.717) is 0 Å². The van der Waals surface area contributed by atoms with Gasteiger partial charge in [-0.25, -0.2) is 5.14 Å². The summed E-state index contributed by atoms with van der Waals surface area (Å²) < 4.78 is 236. The quantitative estimate of drug-likeness (QED) is 0.284. The van der Waals surface area contributed by atoms with Gasteiger partial charge in [0.1, 0.15) is 0 Å². The zero-order chi connectivity index (χ0) is 25.2. The normalized spacial score (nSPS) is 16.2. The molecule has 0 aromatic heterocycles. The van der Waals surface area contributed by atoms with E-state index in [1.165, 1.54) is 0 Å². The number of nitrogens with one attached hydrogen (secondary N) is 1. The van der Waals surface area contributed by atoms with Gasteiger partial charge in [0.15, 0.2) is 0 Å². The van der Waals surface area contributed by atoms with Gasteiger partial charge < -0.3 is 0 Å². The molecule has 0 aromatic carbocycles. The van der Waals surface area contributed by atoms with Crippen molar-refractivity contribution >= 4 is 39.8 Å². The Hall–Kier alpha value is -0.320. The molecule has 0 fully saturated rings. The zero-order valence-electron chi connectivity index (χ0n) is 12.7. The fourth-order valence-electron chi connectivity index (χ4n) is 1.41. The standard InChI is InChI=1S/C8H3F17N2O2S.Na.H/c9-1(10,3(13,14)5(17,18)7(21,22)23)2(11,12)4(15,16)6(19,20)8(24,25)27-30(26,28)29;;/h27H,(H2,26,28,29);;. The molecule has 0 bridgehead atoms. The second-order valence-corrected chi connectivity index (χ2v) is 6.46. The van der Waals surface area contributed by atoms with Gasteiger partial charge in [0.2, 0.25) is 0 Å². The van der Waals surface area contributed by atoms with E-state index in [0.717, 1.165) is 0 Å². The first-order chi connectivity index (χ1) is 12.5. The Morgan fingerprint density at radius 1 is 0.484 bits per heavy atom. The van der Waals surface area contributed by atoms with Crippen LogP contribution in [0.5, 0.6) is 0 Å². The van der Waals surface area contributed by atoms with Crippen molar-refractivity contribution in [2.45, 2.75) is 47.8 Å². The van der Waals surface area contributed by atoms with Crippen molar-refractivity contribution in [3.63, 3.8) is 0 Å². The molecular weight excluding hydrogens is 534 g/mol. The van der Waals surface area contributed by atoms with Crippen molar-refractivity contribution in [3.05, 3.63) is 0 Å². The summed E-state index contributed by atoms with van der Waals surface area (Å²) in [5, 5.41) is 3.65. The van der Waals surface area contributed by atoms with Crippen LogP contribution in [0.4, 0.5) is 74.6 Å². The summed E-state index contributed by atoms with van der Waals surface area (Å²) in [7, 11) is -6.24. The molecule has 0 unspecified atom stereocenters. The van der Waals surface area contributed by atoms with Crippen LogP contribution in [0, 0.1) is 0 Å². The van der Waals surface area contributed by atoms with E-state index < -0.39 is 62.7 Å². The van der Waals surface area contributed by atoms with Crippen LogP contribution in [0.3, 0.4) is 0 Å². The first kappa shape index (κ1) is 32.9. The molecule has 3 N–H and O–H groups in total. The van der Waals surface area contributed by atoms with Crippen molar-refractivity contribution in [3.8, 4) is 0 Å². The van der Waals surface area contributed by atoms with E-state index in [-0.39, 0.29) is 29.6 Å². The summed E-state index contributed by atoms with van der Waals surface area (Å²) in [5.74, 6) is -51.2. The minimum absolute atomic E-state index is 0. The fraction of sp³-hybridized carbons (Fsp3) is 1.00. The van der Waals surface area contributed by atoms with Gasteiger partial charge in [0.05, 0.1) is 0 Å². The maximum atomic E-state index is 13.2.